The molecule has 2 nitrogen and oxygen atoms in total. The molecule has 0 N–H and O–H groups in total. The van der Waals surface area contributed by atoms with Crippen molar-refractivity contribution in [3.63, 3.8) is 0 Å². The molecular weight excluding hydrogens is 280 g/mol. The van der Waals surface area contributed by atoms with Crippen molar-refractivity contribution in [3.05, 3.63) is 42.5 Å². The van der Waals surface area contributed by atoms with E-state index in [4.69, 9.17) is 4.74 Å². The Morgan fingerprint density at radius 3 is 2.48 bits per heavy atom. The van der Waals surface area contributed by atoms with Gasteiger partial charge in [-0.1, -0.05) is 51.5 Å². The molecule has 0 saturated heterocycles. The van der Waals surface area contributed by atoms with E-state index in [2.05, 4.69) is 44.7 Å². The molecule has 0 spiro atoms. The second-order valence-electron chi connectivity index (χ2n) is 5.90. The van der Waals surface area contributed by atoms with Gasteiger partial charge in [0, 0.05) is 15.2 Å². The maximum absolute atomic E-state index is 11.2. The SMILES string of the molecule is C=C(C)C(=O)OCCCCCC(C)(C)Sc1ccccc1. The summed E-state index contributed by atoms with van der Waals surface area (Å²) in [5.74, 6) is -0.282. The van der Waals surface area contributed by atoms with E-state index >= 15 is 0 Å². The van der Waals surface area contributed by atoms with Gasteiger partial charge in [-0.15, -0.1) is 11.8 Å². The van der Waals surface area contributed by atoms with Gasteiger partial charge in [0.05, 0.1) is 6.61 Å². The van der Waals surface area contributed by atoms with Crippen molar-refractivity contribution >= 4 is 17.7 Å². The fraction of sp³-hybridized carbons (Fsp3) is 0.500. The monoisotopic (exact) mass is 306 g/mol. The lowest BCUT2D eigenvalue weighted by molar-refractivity contribution is -0.139. The molecule has 0 aliphatic rings. The van der Waals surface area contributed by atoms with Crippen molar-refractivity contribution in [1.29, 1.82) is 0 Å². The maximum Gasteiger partial charge on any atom is 0.333 e. The van der Waals surface area contributed by atoms with E-state index < -0.39 is 0 Å². The van der Waals surface area contributed by atoms with Crippen LogP contribution >= 0.6 is 11.8 Å². The van der Waals surface area contributed by atoms with Crippen LogP contribution in [0.3, 0.4) is 0 Å². The van der Waals surface area contributed by atoms with Gasteiger partial charge in [-0.2, -0.15) is 0 Å². The summed E-state index contributed by atoms with van der Waals surface area (Å²) in [4.78, 5) is 12.5. The molecule has 0 atom stereocenters. The van der Waals surface area contributed by atoms with Gasteiger partial charge >= 0.3 is 5.97 Å². The summed E-state index contributed by atoms with van der Waals surface area (Å²) in [6.07, 6.45) is 4.31. The average molecular weight is 306 g/mol. The quantitative estimate of drug-likeness (QED) is 0.270. The highest BCUT2D eigenvalue weighted by molar-refractivity contribution is 8.00. The number of unbranched alkanes of at least 4 members (excludes halogenated alkanes) is 2. The highest BCUT2D eigenvalue weighted by Crippen LogP contribution is 2.36. The Morgan fingerprint density at radius 1 is 1.19 bits per heavy atom. The predicted octanol–water partition coefficient (Wildman–Crippen LogP) is 5.24. The van der Waals surface area contributed by atoms with Crippen LogP contribution in [0.4, 0.5) is 0 Å². The molecule has 1 aromatic carbocycles. The fourth-order valence-corrected chi connectivity index (χ4v) is 3.15. The van der Waals surface area contributed by atoms with E-state index in [-0.39, 0.29) is 10.7 Å². The van der Waals surface area contributed by atoms with Crippen LogP contribution in [0.25, 0.3) is 0 Å². The third-order valence-corrected chi connectivity index (χ3v) is 4.41. The third kappa shape index (κ3) is 7.96. The van der Waals surface area contributed by atoms with Gasteiger partial charge in [-0.3, -0.25) is 0 Å². The number of carbonyl (C=O) groups excluding carboxylic acids is 1. The smallest absolute Gasteiger partial charge is 0.333 e. The normalized spacial score (nSPS) is 11.2. The summed E-state index contributed by atoms with van der Waals surface area (Å²) in [5.41, 5.74) is 0.468. The van der Waals surface area contributed by atoms with Crippen LogP contribution in [-0.2, 0) is 9.53 Å². The molecule has 0 fully saturated rings. The number of rotatable bonds is 9. The van der Waals surface area contributed by atoms with Crippen LogP contribution in [0.15, 0.2) is 47.4 Å². The predicted molar refractivity (Wildman–Crippen MR) is 90.6 cm³/mol. The second kappa shape index (κ2) is 8.93. The van der Waals surface area contributed by atoms with E-state index in [1.807, 2.05) is 17.8 Å². The van der Waals surface area contributed by atoms with Crippen molar-refractivity contribution in [2.24, 2.45) is 0 Å². The summed E-state index contributed by atoms with van der Waals surface area (Å²) in [5, 5.41) is 0. The Bertz CT molecular complexity index is 452. The Hall–Kier alpha value is -1.22. The molecule has 1 aromatic rings. The summed E-state index contributed by atoms with van der Waals surface area (Å²) in [7, 11) is 0. The molecule has 0 bridgehead atoms. The number of benzene rings is 1. The van der Waals surface area contributed by atoms with Gasteiger partial charge in [-0.25, -0.2) is 4.79 Å². The molecule has 0 aliphatic carbocycles. The van der Waals surface area contributed by atoms with E-state index in [9.17, 15) is 4.79 Å². The Labute approximate surface area is 133 Å². The summed E-state index contributed by atoms with van der Waals surface area (Å²) in [6, 6.07) is 10.5. The van der Waals surface area contributed by atoms with Crippen LogP contribution in [-0.4, -0.2) is 17.3 Å². The van der Waals surface area contributed by atoms with Gasteiger partial charge in [0.2, 0.25) is 0 Å². The molecule has 0 radical (unpaired) electrons. The fourth-order valence-electron chi connectivity index (χ4n) is 1.98. The molecule has 0 amide bonds. The molecule has 1 rings (SSSR count). The first-order valence-corrected chi connectivity index (χ1v) is 8.29. The number of esters is 1. The first-order valence-electron chi connectivity index (χ1n) is 7.47. The lowest BCUT2D eigenvalue weighted by Gasteiger charge is -2.24. The average Bonchev–Trinajstić information content (AvgIpc) is 2.42. The van der Waals surface area contributed by atoms with E-state index in [1.165, 1.54) is 4.90 Å². The minimum Gasteiger partial charge on any atom is -0.462 e. The van der Waals surface area contributed by atoms with Gasteiger partial charge in [-0.05, 0) is 31.9 Å². The molecule has 0 saturated carbocycles. The van der Waals surface area contributed by atoms with Crippen molar-refractivity contribution in [1.82, 2.24) is 0 Å². The highest BCUT2D eigenvalue weighted by Gasteiger charge is 2.18. The van der Waals surface area contributed by atoms with Crippen molar-refractivity contribution in [2.75, 3.05) is 6.61 Å². The van der Waals surface area contributed by atoms with Crippen molar-refractivity contribution in [2.45, 2.75) is 56.1 Å². The number of hydrogen-bond donors (Lipinski definition) is 0. The third-order valence-electron chi connectivity index (χ3n) is 3.14. The number of thioether (sulfide) groups is 1. The van der Waals surface area contributed by atoms with Crippen molar-refractivity contribution < 1.29 is 9.53 Å². The van der Waals surface area contributed by atoms with Gasteiger partial charge < -0.3 is 4.74 Å². The molecule has 0 unspecified atom stereocenters. The molecule has 0 aromatic heterocycles. The number of carbonyl (C=O) groups is 1. The van der Waals surface area contributed by atoms with E-state index in [0.717, 1.165) is 25.7 Å². The minimum atomic E-state index is -0.282. The minimum absolute atomic E-state index is 0.232. The van der Waals surface area contributed by atoms with Crippen LogP contribution < -0.4 is 0 Å². The van der Waals surface area contributed by atoms with Gasteiger partial charge in [0.25, 0.3) is 0 Å². The van der Waals surface area contributed by atoms with E-state index in [1.54, 1.807) is 6.92 Å². The van der Waals surface area contributed by atoms with Crippen LogP contribution in [0.1, 0.15) is 46.5 Å². The molecule has 21 heavy (non-hydrogen) atoms. The molecule has 116 valence electrons. The number of hydrogen-bond acceptors (Lipinski definition) is 3. The molecular formula is C18H26O2S. The van der Waals surface area contributed by atoms with E-state index in [0.29, 0.717) is 12.2 Å². The highest BCUT2D eigenvalue weighted by atomic mass is 32.2. The molecule has 0 heterocycles. The topological polar surface area (TPSA) is 26.3 Å². The zero-order chi connectivity index (χ0) is 15.7. The van der Waals surface area contributed by atoms with Crippen LogP contribution in [0.5, 0.6) is 0 Å². The van der Waals surface area contributed by atoms with Crippen LogP contribution in [0.2, 0.25) is 0 Å². The zero-order valence-electron chi connectivity index (χ0n) is 13.4. The molecule has 0 aliphatic heterocycles. The zero-order valence-corrected chi connectivity index (χ0v) is 14.2. The maximum atomic E-state index is 11.2. The first kappa shape index (κ1) is 17.8. The Balaban J connectivity index is 2.16. The Morgan fingerprint density at radius 2 is 1.86 bits per heavy atom. The van der Waals surface area contributed by atoms with Crippen LogP contribution in [0, 0.1) is 0 Å². The summed E-state index contributed by atoms with van der Waals surface area (Å²) >= 11 is 1.92. The lowest BCUT2D eigenvalue weighted by Crippen LogP contribution is -2.14. The first-order chi connectivity index (χ1) is 9.91. The van der Waals surface area contributed by atoms with Crippen molar-refractivity contribution in [3.8, 4) is 0 Å². The molecule has 3 heteroatoms. The van der Waals surface area contributed by atoms with Gasteiger partial charge in [0.1, 0.15) is 0 Å². The summed E-state index contributed by atoms with van der Waals surface area (Å²) < 4.78 is 5.32. The van der Waals surface area contributed by atoms with Gasteiger partial charge in [0.15, 0.2) is 0 Å². The largest absolute Gasteiger partial charge is 0.462 e. The lowest BCUT2D eigenvalue weighted by atomic mass is 10.0. The summed E-state index contributed by atoms with van der Waals surface area (Å²) in [6.45, 7) is 10.3. The Kier molecular flexibility index (Phi) is 7.58. The second-order valence-corrected chi connectivity index (χ2v) is 7.68. The standard InChI is InChI=1S/C18H26O2S/c1-15(2)17(19)20-14-10-6-9-13-18(3,4)21-16-11-7-5-8-12-16/h5,7-8,11-12H,1,6,9-10,13-14H2,2-4H3. The number of ether oxygens (including phenoxy) is 1.